The molecule has 6 heteroatoms. The lowest BCUT2D eigenvalue weighted by Crippen LogP contribution is -2.18. The van der Waals surface area contributed by atoms with Crippen LogP contribution in [0.3, 0.4) is 0 Å². The summed E-state index contributed by atoms with van der Waals surface area (Å²) in [5.41, 5.74) is 0.520. The first-order valence-electron chi connectivity index (χ1n) is 5.29. The number of aliphatic hydroxyl groups excluding tert-OH is 1. The highest BCUT2D eigenvalue weighted by Gasteiger charge is 2.05. The number of carbonyl (C=O) groups is 1. The maximum Gasteiger partial charge on any atom is 0.411 e. The fraction of sp³-hybridized carbons (Fsp3) is 0.455. The number of nitrogens with one attached hydrogen (secondary N) is 1. The second kappa shape index (κ2) is 6.70. The maximum absolute atomic E-state index is 11.3. The van der Waals surface area contributed by atoms with E-state index in [0.717, 1.165) is 0 Å². The van der Waals surface area contributed by atoms with Gasteiger partial charge in [0.1, 0.15) is 6.61 Å². The van der Waals surface area contributed by atoms with E-state index in [1.807, 2.05) is 0 Å². The van der Waals surface area contributed by atoms with E-state index in [-0.39, 0.29) is 19.3 Å². The largest absolute Gasteiger partial charge is 0.475 e. The SMILES string of the molecule is CC(C)OC(=O)Nc1ccc(OCCO)nc1. The average molecular weight is 240 g/mol. The van der Waals surface area contributed by atoms with Gasteiger partial charge in [-0.15, -0.1) is 0 Å². The summed E-state index contributed by atoms with van der Waals surface area (Å²) in [6.07, 6.45) is 0.759. The quantitative estimate of drug-likeness (QED) is 0.813. The number of hydrogen-bond acceptors (Lipinski definition) is 5. The molecule has 0 spiro atoms. The van der Waals surface area contributed by atoms with Crippen LogP contribution in [0.4, 0.5) is 10.5 Å². The third-order valence-corrected chi connectivity index (χ3v) is 1.67. The highest BCUT2D eigenvalue weighted by Crippen LogP contribution is 2.11. The summed E-state index contributed by atoms with van der Waals surface area (Å²) in [6.45, 7) is 3.66. The Morgan fingerprint density at radius 3 is 2.82 bits per heavy atom. The summed E-state index contributed by atoms with van der Waals surface area (Å²) in [6, 6.07) is 3.24. The van der Waals surface area contributed by atoms with Crippen LogP contribution in [0.5, 0.6) is 5.88 Å². The Balaban J connectivity index is 2.47. The van der Waals surface area contributed by atoms with Gasteiger partial charge in [-0.25, -0.2) is 9.78 Å². The number of anilines is 1. The van der Waals surface area contributed by atoms with Gasteiger partial charge in [-0.3, -0.25) is 5.32 Å². The minimum Gasteiger partial charge on any atom is -0.475 e. The zero-order valence-electron chi connectivity index (χ0n) is 9.84. The molecular weight excluding hydrogens is 224 g/mol. The molecule has 94 valence electrons. The van der Waals surface area contributed by atoms with Crippen LogP contribution in [0.15, 0.2) is 18.3 Å². The second-order valence-corrected chi connectivity index (χ2v) is 3.54. The van der Waals surface area contributed by atoms with Crippen LogP contribution in [0, 0.1) is 0 Å². The molecule has 0 saturated heterocycles. The van der Waals surface area contributed by atoms with Gasteiger partial charge < -0.3 is 14.6 Å². The van der Waals surface area contributed by atoms with Gasteiger partial charge in [-0.05, 0) is 19.9 Å². The summed E-state index contributed by atoms with van der Waals surface area (Å²) in [7, 11) is 0. The number of aliphatic hydroxyl groups is 1. The van der Waals surface area contributed by atoms with Crippen LogP contribution >= 0.6 is 0 Å². The zero-order valence-corrected chi connectivity index (χ0v) is 9.84. The van der Waals surface area contributed by atoms with Gasteiger partial charge in [0.15, 0.2) is 0 Å². The van der Waals surface area contributed by atoms with Crippen molar-refractivity contribution in [2.75, 3.05) is 18.5 Å². The van der Waals surface area contributed by atoms with Crippen molar-refractivity contribution in [3.05, 3.63) is 18.3 Å². The number of nitrogens with zero attached hydrogens (tertiary/aromatic N) is 1. The van der Waals surface area contributed by atoms with Crippen molar-refractivity contribution in [3.63, 3.8) is 0 Å². The minimum absolute atomic E-state index is 0.0671. The maximum atomic E-state index is 11.3. The minimum atomic E-state index is -0.522. The van der Waals surface area contributed by atoms with Crippen molar-refractivity contribution >= 4 is 11.8 Å². The third kappa shape index (κ3) is 5.17. The number of aromatic nitrogens is 1. The second-order valence-electron chi connectivity index (χ2n) is 3.54. The van der Waals surface area contributed by atoms with Gasteiger partial charge in [0.2, 0.25) is 5.88 Å². The summed E-state index contributed by atoms with van der Waals surface area (Å²) < 4.78 is 9.98. The number of pyridine rings is 1. The van der Waals surface area contributed by atoms with Gasteiger partial charge in [0.05, 0.1) is 24.6 Å². The van der Waals surface area contributed by atoms with Gasteiger partial charge in [-0.2, -0.15) is 0 Å². The molecular formula is C11H16N2O4. The molecule has 0 bridgehead atoms. The topological polar surface area (TPSA) is 80.7 Å². The molecule has 17 heavy (non-hydrogen) atoms. The first kappa shape index (κ1) is 13.2. The molecule has 0 fully saturated rings. The van der Waals surface area contributed by atoms with E-state index in [4.69, 9.17) is 14.6 Å². The highest BCUT2D eigenvalue weighted by atomic mass is 16.6. The van der Waals surface area contributed by atoms with Crippen molar-refractivity contribution in [1.82, 2.24) is 4.98 Å². The molecule has 0 aliphatic rings. The molecule has 0 aromatic carbocycles. The Bertz CT molecular complexity index is 351. The van der Waals surface area contributed by atoms with Gasteiger partial charge >= 0.3 is 6.09 Å². The van der Waals surface area contributed by atoms with Crippen LogP contribution in [-0.2, 0) is 4.74 Å². The monoisotopic (exact) mass is 240 g/mol. The predicted molar refractivity (Wildman–Crippen MR) is 62.1 cm³/mol. The number of amides is 1. The summed E-state index contributed by atoms with van der Waals surface area (Å²) in [5, 5.41) is 11.1. The summed E-state index contributed by atoms with van der Waals surface area (Å²) >= 11 is 0. The normalized spacial score (nSPS) is 10.1. The van der Waals surface area contributed by atoms with Gasteiger partial charge in [0, 0.05) is 6.07 Å². The Morgan fingerprint density at radius 2 is 2.29 bits per heavy atom. The van der Waals surface area contributed by atoms with Crippen LogP contribution in [-0.4, -0.2) is 35.5 Å². The first-order chi connectivity index (χ1) is 8.11. The van der Waals surface area contributed by atoms with E-state index >= 15 is 0 Å². The van der Waals surface area contributed by atoms with E-state index in [2.05, 4.69) is 10.3 Å². The Hall–Kier alpha value is -1.82. The predicted octanol–water partition coefficient (Wildman–Crippen LogP) is 1.41. The molecule has 1 aromatic rings. The fourth-order valence-electron chi connectivity index (χ4n) is 1.05. The van der Waals surface area contributed by atoms with Crippen LogP contribution in [0.2, 0.25) is 0 Å². The molecule has 6 nitrogen and oxygen atoms in total. The average Bonchev–Trinajstić information content (AvgIpc) is 2.27. The van der Waals surface area contributed by atoms with Crippen molar-refractivity contribution in [3.8, 4) is 5.88 Å². The molecule has 2 N–H and O–H groups in total. The molecule has 0 radical (unpaired) electrons. The number of hydrogen-bond donors (Lipinski definition) is 2. The molecule has 0 saturated carbocycles. The van der Waals surface area contributed by atoms with Crippen molar-refractivity contribution in [2.45, 2.75) is 20.0 Å². The molecule has 0 aliphatic carbocycles. The van der Waals surface area contributed by atoms with E-state index < -0.39 is 6.09 Å². The number of rotatable bonds is 5. The third-order valence-electron chi connectivity index (χ3n) is 1.67. The fourth-order valence-corrected chi connectivity index (χ4v) is 1.05. The van der Waals surface area contributed by atoms with E-state index in [9.17, 15) is 4.79 Å². The van der Waals surface area contributed by atoms with E-state index in [1.54, 1.807) is 26.0 Å². The highest BCUT2D eigenvalue weighted by molar-refractivity contribution is 5.84. The molecule has 0 unspecified atom stereocenters. The van der Waals surface area contributed by atoms with Gasteiger partial charge in [-0.1, -0.05) is 0 Å². The van der Waals surface area contributed by atoms with Crippen molar-refractivity contribution < 1.29 is 19.4 Å². The Morgan fingerprint density at radius 1 is 1.53 bits per heavy atom. The molecule has 1 rings (SSSR count). The lowest BCUT2D eigenvalue weighted by Gasteiger charge is -2.09. The molecule has 0 aliphatic heterocycles. The number of ether oxygens (including phenoxy) is 2. The van der Waals surface area contributed by atoms with Crippen molar-refractivity contribution in [1.29, 1.82) is 0 Å². The Labute approximate surface area is 99.6 Å². The molecule has 1 heterocycles. The van der Waals surface area contributed by atoms with Gasteiger partial charge in [0.25, 0.3) is 0 Å². The Kier molecular flexibility index (Phi) is 5.22. The van der Waals surface area contributed by atoms with E-state index in [1.165, 1.54) is 6.20 Å². The van der Waals surface area contributed by atoms with Crippen LogP contribution in [0.1, 0.15) is 13.8 Å². The van der Waals surface area contributed by atoms with Crippen LogP contribution < -0.4 is 10.1 Å². The lowest BCUT2D eigenvalue weighted by atomic mass is 10.4. The summed E-state index contributed by atoms with van der Waals surface area (Å²) in [4.78, 5) is 15.2. The molecule has 1 amide bonds. The van der Waals surface area contributed by atoms with E-state index in [0.29, 0.717) is 11.6 Å². The summed E-state index contributed by atoms with van der Waals surface area (Å²) in [5.74, 6) is 0.391. The zero-order chi connectivity index (χ0) is 12.7. The first-order valence-corrected chi connectivity index (χ1v) is 5.29. The number of carbonyl (C=O) groups excluding carboxylic acids is 1. The standard InChI is InChI=1S/C11H16N2O4/c1-8(2)17-11(15)13-9-3-4-10(12-7-9)16-6-5-14/h3-4,7-8,14H,5-6H2,1-2H3,(H,13,15). The smallest absolute Gasteiger partial charge is 0.411 e. The molecule has 1 aromatic heterocycles. The molecule has 0 atom stereocenters. The van der Waals surface area contributed by atoms with Crippen molar-refractivity contribution in [2.24, 2.45) is 0 Å². The lowest BCUT2D eigenvalue weighted by molar-refractivity contribution is 0.130. The van der Waals surface area contributed by atoms with Crippen LogP contribution in [0.25, 0.3) is 0 Å².